The van der Waals surface area contributed by atoms with Crippen LogP contribution in [0.3, 0.4) is 0 Å². The molecule has 1 aliphatic heterocycles. The lowest BCUT2D eigenvalue weighted by Gasteiger charge is -2.32. The van der Waals surface area contributed by atoms with E-state index >= 15 is 0 Å². The Balaban J connectivity index is 1.54. The summed E-state index contributed by atoms with van der Waals surface area (Å²) in [5.74, 6) is 1.90. The number of nitrogens with zero attached hydrogens (tertiary/aromatic N) is 3. The fourth-order valence-electron chi connectivity index (χ4n) is 3.25. The van der Waals surface area contributed by atoms with Gasteiger partial charge in [-0.15, -0.1) is 0 Å². The zero-order chi connectivity index (χ0) is 16.4. The van der Waals surface area contributed by atoms with Gasteiger partial charge in [0.2, 0.25) is 0 Å². The Bertz CT molecular complexity index is 780. The highest BCUT2D eigenvalue weighted by Gasteiger charge is 2.25. The highest BCUT2D eigenvalue weighted by atomic mass is 16.5. The normalized spacial score (nSPS) is 18.8. The fraction of sp³-hybridized carbons (Fsp3) is 0.316. The average molecular weight is 323 g/mol. The van der Waals surface area contributed by atoms with Crippen molar-refractivity contribution in [1.82, 2.24) is 14.5 Å². The molecule has 5 heteroatoms. The summed E-state index contributed by atoms with van der Waals surface area (Å²) < 4.78 is 13.6. The Morgan fingerprint density at radius 3 is 2.83 bits per heavy atom. The van der Waals surface area contributed by atoms with Gasteiger partial charge in [-0.1, -0.05) is 18.2 Å². The van der Waals surface area contributed by atoms with Crippen molar-refractivity contribution in [3.05, 3.63) is 72.2 Å². The molecule has 0 saturated carbocycles. The van der Waals surface area contributed by atoms with E-state index in [9.17, 15) is 0 Å². The molecule has 2 aromatic heterocycles. The molecule has 1 fully saturated rings. The van der Waals surface area contributed by atoms with Gasteiger partial charge in [0.15, 0.2) is 0 Å². The molecule has 1 aliphatic rings. The summed E-state index contributed by atoms with van der Waals surface area (Å²) in [5.41, 5.74) is 2.34. The van der Waals surface area contributed by atoms with E-state index in [0.717, 1.165) is 36.9 Å². The summed E-state index contributed by atoms with van der Waals surface area (Å²) in [6.07, 6.45) is 3.67. The number of hydrogen-bond donors (Lipinski definition) is 0. The van der Waals surface area contributed by atoms with Gasteiger partial charge in [-0.25, -0.2) is 4.98 Å². The second-order valence-electron chi connectivity index (χ2n) is 6.08. The highest BCUT2D eigenvalue weighted by molar-refractivity contribution is 5.35. The highest BCUT2D eigenvalue weighted by Crippen LogP contribution is 2.24. The Hall–Kier alpha value is -2.37. The van der Waals surface area contributed by atoms with E-state index in [4.69, 9.17) is 9.15 Å². The second-order valence-corrected chi connectivity index (χ2v) is 6.08. The van der Waals surface area contributed by atoms with Gasteiger partial charge in [0.05, 0.1) is 24.8 Å². The number of aromatic nitrogens is 2. The largest absolute Gasteiger partial charge is 0.467 e. The molecule has 0 spiro atoms. The molecule has 0 N–H and O–H groups in total. The lowest BCUT2D eigenvalue weighted by molar-refractivity contribution is -0.0432. The summed E-state index contributed by atoms with van der Waals surface area (Å²) in [6.45, 7) is 5.34. The molecule has 0 bridgehead atoms. The maximum absolute atomic E-state index is 5.85. The third-order valence-corrected chi connectivity index (χ3v) is 4.42. The molecule has 3 aromatic rings. The van der Waals surface area contributed by atoms with Crippen LogP contribution in [0.15, 0.2) is 59.3 Å². The number of furan rings is 1. The Morgan fingerprint density at radius 2 is 2.04 bits per heavy atom. The van der Waals surface area contributed by atoms with Crippen LogP contribution in [0.4, 0.5) is 0 Å². The number of para-hydroxylation sites is 1. The minimum absolute atomic E-state index is 0.00273. The zero-order valence-corrected chi connectivity index (χ0v) is 13.8. The van der Waals surface area contributed by atoms with Crippen LogP contribution in [0.1, 0.15) is 23.4 Å². The maximum atomic E-state index is 5.85. The van der Waals surface area contributed by atoms with Crippen LogP contribution < -0.4 is 0 Å². The third kappa shape index (κ3) is 3.00. The van der Waals surface area contributed by atoms with Gasteiger partial charge < -0.3 is 9.15 Å². The summed E-state index contributed by atoms with van der Waals surface area (Å²) in [7, 11) is 0. The molecule has 0 amide bonds. The zero-order valence-electron chi connectivity index (χ0n) is 13.8. The average Bonchev–Trinajstić information content (AvgIpc) is 3.26. The van der Waals surface area contributed by atoms with Crippen LogP contribution in [-0.2, 0) is 11.3 Å². The number of hydrogen-bond acceptors (Lipinski definition) is 4. The molecule has 0 radical (unpaired) electrons. The van der Waals surface area contributed by atoms with E-state index in [1.807, 2.05) is 31.3 Å². The third-order valence-electron chi connectivity index (χ3n) is 4.42. The number of aryl methyl sites for hydroxylation is 1. The summed E-state index contributed by atoms with van der Waals surface area (Å²) in [5, 5.41) is 0. The summed E-state index contributed by atoms with van der Waals surface area (Å²) >= 11 is 0. The number of benzene rings is 1. The SMILES string of the molecule is Cc1ncc(CN2CCOC(c3ccco3)C2)n1-c1ccccc1. The number of rotatable bonds is 4. The molecule has 1 atom stereocenters. The van der Waals surface area contributed by atoms with Gasteiger partial charge in [0, 0.05) is 25.3 Å². The monoisotopic (exact) mass is 323 g/mol. The van der Waals surface area contributed by atoms with Crippen molar-refractivity contribution in [2.24, 2.45) is 0 Å². The fourth-order valence-corrected chi connectivity index (χ4v) is 3.25. The lowest BCUT2D eigenvalue weighted by atomic mass is 10.2. The van der Waals surface area contributed by atoms with E-state index in [-0.39, 0.29) is 6.10 Å². The Labute approximate surface area is 141 Å². The van der Waals surface area contributed by atoms with Crippen molar-refractivity contribution >= 4 is 0 Å². The van der Waals surface area contributed by atoms with Crippen molar-refractivity contribution in [2.45, 2.75) is 19.6 Å². The predicted octanol–water partition coefficient (Wildman–Crippen LogP) is 3.35. The van der Waals surface area contributed by atoms with Crippen LogP contribution in [0, 0.1) is 6.92 Å². The van der Waals surface area contributed by atoms with Crippen molar-refractivity contribution in [1.29, 1.82) is 0 Å². The molecule has 4 rings (SSSR count). The van der Waals surface area contributed by atoms with E-state index in [1.165, 1.54) is 5.69 Å². The van der Waals surface area contributed by atoms with E-state index in [0.29, 0.717) is 6.61 Å². The Morgan fingerprint density at radius 1 is 1.17 bits per heavy atom. The van der Waals surface area contributed by atoms with Gasteiger partial charge in [-0.3, -0.25) is 9.47 Å². The van der Waals surface area contributed by atoms with E-state index in [1.54, 1.807) is 6.26 Å². The van der Waals surface area contributed by atoms with Crippen LogP contribution in [0.5, 0.6) is 0 Å². The standard InChI is InChI=1S/C19H21N3O2/c1-15-20-12-17(22(15)16-6-3-2-4-7-16)13-21-9-11-24-19(14-21)18-8-5-10-23-18/h2-8,10,12,19H,9,11,13-14H2,1H3. The molecule has 1 saturated heterocycles. The van der Waals surface area contributed by atoms with E-state index in [2.05, 4.69) is 38.7 Å². The summed E-state index contributed by atoms with van der Waals surface area (Å²) in [6, 6.07) is 14.3. The van der Waals surface area contributed by atoms with Crippen LogP contribution in [0.2, 0.25) is 0 Å². The maximum Gasteiger partial charge on any atom is 0.133 e. The topological polar surface area (TPSA) is 43.4 Å². The van der Waals surface area contributed by atoms with Gasteiger partial charge in [-0.2, -0.15) is 0 Å². The smallest absolute Gasteiger partial charge is 0.133 e. The van der Waals surface area contributed by atoms with Crippen molar-refractivity contribution in [3.63, 3.8) is 0 Å². The van der Waals surface area contributed by atoms with Gasteiger partial charge in [0.25, 0.3) is 0 Å². The molecule has 5 nitrogen and oxygen atoms in total. The lowest BCUT2D eigenvalue weighted by Crippen LogP contribution is -2.38. The van der Waals surface area contributed by atoms with Gasteiger partial charge in [-0.05, 0) is 31.2 Å². The molecule has 1 unspecified atom stereocenters. The molecular formula is C19H21N3O2. The predicted molar refractivity (Wildman–Crippen MR) is 91.0 cm³/mol. The molecular weight excluding hydrogens is 302 g/mol. The quantitative estimate of drug-likeness (QED) is 0.738. The molecule has 24 heavy (non-hydrogen) atoms. The summed E-state index contributed by atoms with van der Waals surface area (Å²) in [4.78, 5) is 6.91. The molecule has 3 heterocycles. The molecule has 0 aliphatic carbocycles. The van der Waals surface area contributed by atoms with Crippen LogP contribution in [-0.4, -0.2) is 34.1 Å². The first-order valence-electron chi connectivity index (χ1n) is 8.27. The van der Waals surface area contributed by atoms with Gasteiger partial charge in [0.1, 0.15) is 17.7 Å². The molecule has 1 aromatic carbocycles. The minimum Gasteiger partial charge on any atom is -0.467 e. The van der Waals surface area contributed by atoms with Gasteiger partial charge >= 0.3 is 0 Å². The van der Waals surface area contributed by atoms with Crippen molar-refractivity contribution < 1.29 is 9.15 Å². The number of ether oxygens (including phenoxy) is 1. The first-order chi connectivity index (χ1) is 11.8. The minimum atomic E-state index is 0.00273. The number of morpholine rings is 1. The first-order valence-corrected chi connectivity index (χ1v) is 8.27. The second kappa shape index (κ2) is 6.63. The van der Waals surface area contributed by atoms with Crippen molar-refractivity contribution in [3.8, 4) is 5.69 Å². The van der Waals surface area contributed by atoms with Crippen LogP contribution >= 0.6 is 0 Å². The molecule has 124 valence electrons. The Kier molecular flexibility index (Phi) is 4.19. The van der Waals surface area contributed by atoms with E-state index < -0.39 is 0 Å². The van der Waals surface area contributed by atoms with Crippen molar-refractivity contribution in [2.75, 3.05) is 19.7 Å². The number of imidazole rings is 1. The van der Waals surface area contributed by atoms with Crippen LogP contribution in [0.25, 0.3) is 5.69 Å². The first kappa shape index (κ1) is 15.2.